The fourth-order valence-corrected chi connectivity index (χ4v) is 1.41. The lowest BCUT2D eigenvalue weighted by Gasteiger charge is -1.88. The van der Waals surface area contributed by atoms with Gasteiger partial charge in [0.15, 0.2) is 5.58 Å². The maximum Gasteiger partial charge on any atom is 0.310 e. The third kappa shape index (κ3) is 1.07. The first kappa shape index (κ1) is 7.57. The minimum Gasteiger partial charge on any atom is -0.421 e. The normalized spacial score (nSPS) is 10.5. The molecule has 0 bridgehead atoms. The topological polar surface area (TPSA) is 64.1 Å². The number of nitrogens with one attached hydrogen (secondary N) is 1. The summed E-state index contributed by atoms with van der Waals surface area (Å²) < 4.78 is 6.12. The van der Waals surface area contributed by atoms with E-state index in [1.54, 1.807) is 0 Å². The van der Waals surface area contributed by atoms with Crippen LogP contribution in [0.3, 0.4) is 0 Å². The highest BCUT2D eigenvalue weighted by Gasteiger charge is 2.05. The second-order valence-corrected chi connectivity index (χ2v) is 3.11. The van der Waals surface area contributed by atoms with Gasteiger partial charge in [-0.3, -0.25) is 5.43 Å². The summed E-state index contributed by atoms with van der Waals surface area (Å²) >= 11 is 3.34. The number of halogens is 1. The van der Waals surface area contributed by atoms with Gasteiger partial charge in [0, 0.05) is 0 Å². The molecule has 0 radical (unpaired) electrons. The Hall–Kier alpha value is -1.07. The largest absolute Gasteiger partial charge is 0.421 e. The lowest BCUT2D eigenvalue weighted by molar-refractivity contribution is 0.615. The number of nitrogen functional groups attached to an aromatic ring is 1. The van der Waals surface area contributed by atoms with Gasteiger partial charge in [-0.1, -0.05) is 6.07 Å². The van der Waals surface area contributed by atoms with Crippen molar-refractivity contribution in [2.24, 2.45) is 5.84 Å². The quantitative estimate of drug-likeness (QED) is 0.577. The van der Waals surface area contributed by atoms with Crippen LogP contribution >= 0.6 is 15.9 Å². The van der Waals surface area contributed by atoms with Crippen molar-refractivity contribution in [1.29, 1.82) is 0 Å². The molecule has 0 fully saturated rings. The van der Waals surface area contributed by atoms with Crippen LogP contribution in [0.1, 0.15) is 0 Å². The van der Waals surface area contributed by atoms with Crippen LogP contribution in [0.15, 0.2) is 27.1 Å². The highest BCUT2D eigenvalue weighted by atomic mass is 79.9. The Morgan fingerprint density at radius 3 is 3.00 bits per heavy atom. The summed E-state index contributed by atoms with van der Waals surface area (Å²) in [5.74, 6) is 5.14. The van der Waals surface area contributed by atoms with Crippen molar-refractivity contribution in [1.82, 2.24) is 4.98 Å². The zero-order valence-electron chi connectivity index (χ0n) is 6.04. The summed E-state index contributed by atoms with van der Waals surface area (Å²) in [4.78, 5) is 4.06. The Bertz CT molecular complexity index is 412. The molecule has 1 aromatic carbocycles. The maximum atomic E-state index is 5.25. The molecular weight excluding hydrogens is 222 g/mol. The third-order valence-corrected chi connectivity index (χ3v) is 2.11. The summed E-state index contributed by atoms with van der Waals surface area (Å²) in [6.07, 6.45) is 0. The van der Waals surface area contributed by atoms with E-state index in [4.69, 9.17) is 10.3 Å². The van der Waals surface area contributed by atoms with Crippen LogP contribution in [-0.2, 0) is 0 Å². The van der Waals surface area contributed by atoms with Crippen LogP contribution in [0.5, 0.6) is 0 Å². The van der Waals surface area contributed by atoms with Crippen LogP contribution in [0.2, 0.25) is 0 Å². The molecule has 62 valence electrons. The fourth-order valence-electron chi connectivity index (χ4n) is 0.977. The van der Waals surface area contributed by atoms with Crippen molar-refractivity contribution in [3.05, 3.63) is 22.7 Å². The molecule has 0 unspecified atom stereocenters. The molecule has 0 saturated heterocycles. The van der Waals surface area contributed by atoms with E-state index in [-0.39, 0.29) is 0 Å². The average Bonchev–Trinajstić information content (AvgIpc) is 2.49. The molecule has 0 amide bonds. The van der Waals surface area contributed by atoms with Gasteiger partial charge in [0.05, 0.1) is 4.47 Å². The molecule has 2 rings (SSSR count). The lowest BCUT2D eigenvalue weighted by Crippen LogP contribution is -2.06. The van der Waals surface area contributed by atoms with Crippen LogP contribution in [0.4, 0.5) is 6.01 Å². The number of nitrogens with two attached hydrogens (primary N) is 1. The van der Waals surface area contributed by atoms with Gasteiger partial charge < -0.3 is 4.42 Å². The number of hydrogen-bond donors (Lipinski definition) is 2. The predicted octanol–water partition coefficient (Wildman–Crippen LogP) is 1.88. The van der Waals surface area contributed by atoms with Crippen LogP contribution in [0.25, 0.3) is 11.1 Å². The number of nitrogens with zero attached hydrogens (tertiary/aromatic N) is 1. The smallest absolute Gasteiger partial charge is 0.310 e. The summed E-state index contributed by atoms with van der Waals surface area (Å²) in [6, 6.07) is 5.94. The van der Waals surface area contributed by atoms with E-state index in [1.165, 1.54) is 0 Å². The van der Waals surface area contributed by atoms with Crippen LogP contribution in [-0.4, -0.2) is 4.98 Å². The number of hydrogen-bond acceptors (Lipinski definition) is 4. The SMILES string of the molecule is NNc1nc2cccc(Br)c2o1. The fraction of sp³-hybridized carbons (Fsp3) is 0. The van der Waals surface area contributed by atoms with Gasteiger partial charge in [-0.25, -0.2) is 5.84 Å². The molecule has 0 saturated carbocycles. The molecule has 0 atom stereocenters. The molecule has 5 heteroatoms. The van der Waals surface area contributed by atoms with Gasteiger partial charge in [0.1, 0.15) is 5.52 Å². The van der Waals surface area contributed by atoms with E-state index in [9.17, 15) is 0 Å². The molecule has 3 N–H and O–H groups in total. The second-order valence-electron chi connectivity index (χ2n) is 2.25. The van der Waals surface area contributed by atoms with Gasteiger partial charge in [0.25, 0.3) is 0 Å². The van der Waals surface area contributed by atoms with Crippen molar-refractivity contribution < 1.29 is 4.42 Å². The summed E-state index contributed by atoms with van der Waals surface area (Å²) in [7, 11) is 0. The summed E-state index contributed by atoms with van der Waals surface area (Å²) in [5, 5.41) is 0. The van der Waals surface area contributed by atoms with E-state index >= 15 is 0 Å². The first-order chi connectivity index (χ1) is 5.81. The first-order valence-corrected chi connectivity index (χ1v) is 4.12. The van der Waals surface area contributed by atoms with Gasteiger partial charge in [-0.15, -0.1) is 0 Å². The Labute approximate surface area is 76.9 Å². The van der Waals surface area contributed by atoms with Crippen molar-refractivity contribution in [2.45, 2.75) is 0 Å². The Balaban J connectivity index is 2.74. The van der Waals surface area contributed by atoms with Gasteiger partial charge in [-0.2, -0.15) is 4.98 Å². The number of anilines is 1. The third-order valence-electron chi connectivity index (χ3n) is 1.49. The summed E-state index contributed by atoms with van der Waals surface area (Å²) in [6.45, 7) is 0. The molecule has 0 aliphatic rings. The number of oxazole rings is 1. The van der Waals surface area contributed by atoms with Crippen molar-refractivity contribution >= 4 is 33.0 Å². The molecule has 4 nitrogen and oxygen atoms in total. The Morgan fingerprint density at radius 1 is 1.50 bits per heavy atom. The molecule has 0 aliphatic carbocycles. The first-order valence-electron chi connectivity index (χ1n) is 3.33. The monoisotopic (exact) mass is 227 g/mol. The molecule has 0 spiro atoms. The molecule has 1 heterocycles. The molecule has 12 heavy (non-hydrogen) atoms. The van der Waals surface area contributed by atoms with Gasteiger partial charge in [-0.05, 0) is 28.1 Å². The van der Waals surface area contributed by atoms with E-state index in [0.29, 0.717) is 11.6 Å². The lowest BCUT2D eigenvalue weighted by atomic mass is 10.3. The number of fused-ring (bicyclic) bond motifs is 1. The maximum absolute atomic E-state index is 5.25. The number of benzene rings is 1. The summed E-state index contributed by atoms with van der Waals surface area (Å²) in [5.41, 5.74) is 3.82. The molecule has 2 aromatic rings. The van der Waals surface area contributed by atoms with Gasteiger partial charge >= 0.3 is 6.01 Å². The van der Waals surface area contributed by atoms with E-state index < -0.39 is 0 Å². The number of aromatic nitrogens is 1. The Morgan fingerprint density at radius 2 is 2.33 bits per heavy atom. The average molecular weight is 228 g/mol. The minimum atomic E-state index is 0.317. The molecule has 0 aliphatic heterocycles. The van der Waals surface area contributed by atoms with Crippen molar-refractivity contribution in [3.63, 3.8) is 0 Å². The zero-order valence-corrected chi connectivity index (χ0v) is 7.63. The van der Waals surface area contributed by atoms with E-state index in [1.807, 2.05) is 18.2 Å². The highest BCUT2D eigenvalue weighted by molar-refractivity contribution is 9.10. The zero-order chi connectivity index (χ0) is 8.55. The number of rotatable bonds is 1. The van der Waals surface area contributed by atoms with Crippen LogP contribution < -0.4 is 11.3 Å². The minimum absolute atomic E-state index is 0.317. The van der Waals surface area contributed by atoms with Gasteiger partial charge in [0.2, 0.25) is 0 Å². The molecular formula is C7H6BrN3O. The van der Waals surface area contributed by atoms with E-state index in [2.05, 4.69) is 26.3 Å². The highest BCUT2D eigenvalue weighted by Crippen LogP contribution is 2.25. The molecule has 1 aromatic heterocycles. The predicted molar refractivity (Wildman–Crippen MR) is 49.5 cm³/mol. The Kier molecular flexibility index (Phi) is 1.74. The van der Waals surface area contributed by atoms with E-state index in [0.717, 1.165) is 9.99 Å². The standard InChI is InChI=1S/C7H6BrN3O/c8-4-2-1-3-5-6(4)12-7(10-5)11-9/h1-3H,9H2,(H,10,11). The van der Waals surface area contributed by atoms with Crippen molar-refractivity contribution in [2.75, 3.05) is 5.43 Å². The number of hydrazine groups is 1. The second kappa shape index (κ2) is 2.76. The van der Waals surface area contributed by atoms with Crippen molar-refractivity contribution in [3.8, 4) is 0 Å². The number of para-hydroxylation sites is 1. The van der Waals surface area contributed by atoms with Crippen LogP contribution in [0, 0.1) is 0 Å².